The van der Waals surface area contributed by atoms with E-state index in [0.717, 1.165) is 5.56 Å². The summed E-state index contributed by atoms with van der Waals surface area (Å²) in [4.78, 5) is 14.9. The molecule has 44 heavy (non-hydrogen) atoms. The van der Waals surface area contributed by atoms with E-state index in [4.69, 9.17) is 34.8 Å². The maximum atomic E-state index is 14.9. The van der Waals surface area contributed by atoms with Crippen LogP contribution in [-0.2, 0) is 11.0 Å². The van der Waals surface area contributed by atoms with Crippen LogP contribution < -0.4 is 0 Å². The minimum atomic E-state index is -1.66. The highest BCUT2D eigenvalue weighted by atomic mass is 35.5. The van der Waals surface area contributed by atoms with Crippen LogP contribution in [0.4, 0.5) is 0 Å². The van der Waals surface area contributed by atoms with Crippen molar-refractivity contribution in [2.75, 3.05) is 0 Å². The number of ketones is 1. The van der Waals surface area contributed by atoms with Gasteiger partial charge < -0.3 is 5.11 Å². The fourth-order valence-corrected chi connectivity index (χ4v) is 7.51. The van der Waals surface area contributed by atoms with Crippen LogP contribution in [0.5, 0.6) is 0 Å². The molecule has 5 unspecified atom stereocenters. The second-order valence-electron chi connectivity index (χ2n) is 11.3. The van der Waals surface area contributed by atoms with Crippen LogP contribution in [0.1, 0.15) is 50.9 Å². The first-order valence-corrected chi connectivity index (χ1v) is 15.5. The minimum absolute atomic E-state index is 0.0893. The summed E-state index contributed by atoms with van der Waals surface area (Å²) in [5.41, 5.74) is 0.227. The summed E-state index contributed by atoms with van der Waals surface area (Å²) in [6.45, 7) is 0. The van der Waals surface area contributed by atoms with E-state index < -0.39 is 28.8 Å². The van der Waals surface area contributed by atoms with Gasteiger partial charge in [-0.1, -0.05) is 132 Å². The first-order valence-electron chi connectivity index (χ1n) is 14.3. The summed E-state index contributed by atoms with van der Waals surface area (Å²) in [5, 5.41) is 26.2. The number of Topliss-reactive ketones (excluding diaryl/α,β-unsaturated/α-hetero) is 1. The SMILES string of the molecule is N#CC1(c2cccc(Cl)c2)C(c2ccc(Cl)cc2)CC(O)(c2ccccc2)C(C(=O)c2ccccc2)C1c1ccc(Cl)cc1. The lowest BCUT2D eigenvalue weighted by molar-refractivity contribution is -0.0738. The van der Waals surface area contributed by atoms with Gasteiger partial charge in [0.2, 0.25) is 0 Å². The van der Waals surface area contributed by atoms with Gasteiger partial charge in [-0.05, 0) is 65.1 Å². The van der Waals surface area contributed by atoms with Crippen LogP contribution in [0.25, 0.3) is 0 Å². The molecule has 0 bridgehead atoms. The Kier molecular flexibility index (Phi) is 8.38. The van der Waals surface area contributed by atoms with Gasteiger partial charge in [0.1, 0.15) is 5.60 Å². The molecule has 5 aromatic rings. The first kappa shape index (κ1) is 30.1. The summed E-state index contributed by atoms with van der Waals surface area (Å²) >= 11 is 19.3. The molecule has 6 rings (SSSR count). The molecule has 5 aromatic carbocycles. The topological polar surface area (TPSA) is 61.1 Å². The van der Waals surface area contributed by atoms with E-state index >= 15 is 0 Å². The van der Waals surface area contributed by atoms with Gasteiger partial charge in [0.25, 0.3) is 0 Å². The van der Waals surface area contributed by atoms with E-state index in [2.05, 4.69) is 6.07 Å². The third kappa shape index (κ3) is 5.23. The van der Waals surface area contributed by atoms with Crippen LogP contribution in [-0.4, -0.2) is 10.9 Å². The maximum absolute atomic E-state index is 14.9. The predicted molar refractivity (Wildman–Crippen MR) is 176 cm³/mol. The van der Waals surface area contributed by atoms with Crippen molar-refractivity contribution in [1.82, 2.24) is 0 Å². The highest BCUT2D eigenvalue weighted by molar-refractivity contribution is 6.31. The van der Waals surface area contributed by atoms with E-state index in [-0.39, 0.29) is 12.2 Å². The lowest BCUT2D eigenvalue weighted by Crippen LogP contribution is -2.58. The van der Waals surface area contributed by atoms with Crippen molar-refractivity contribution in [3.63, 3.8) is 0 Å². The fourth-order valence-electron chi connectivity index (χ4n) is 7.07. The zero-order valence-corrected chi connectivity index (χ0v) is 25.8. The normalized spacial score (nSPS) is 24.8. The standard InChI is InChI=1S/C38H28Cl3NO2/c39-30-18-14-25(15-19-30)33-23-38(44,28-10-5-2-6-11-28)35(36(43)27-8-3-1-4-9-27)34(26-16-20-31(40)21-17-26)37(33,24-42)29-12-7-13-32(41)22-29/h1-22,33-35,44H,23H2. The quantitative estimate of drug-likeness (QED) is 0.189. The molecule has 218 valence electrons. The molecule has 1 aliphatic carbocycles. The van der Waals surface area contributed by atoms with E-state index in [1.165, 1.54) is 0 Å². The highest BCUT2D eigenvalue weighted by Crippen LogP contribution is 2.64. The number of carbonyl (C=O) groups excluding carboxylic acids is 1. The van der Waals surface area contributed by atoms with Gasteiger partial charge in [-0.15, -0.1) is 0 Å². The second-order valence-corrected chi connectivity index (χ2v) is 12.6. The molecule has 3 nitrogen and oxygen atoms in total. The number of nitrogens with zero attached hydrogens (tertiary/aromatic N) is 1. The van der Waals surface area contributed by atoms with Crippen molar-refractivity contribution in [1.29, 1.82) is 5.26 Å². The Morgan fingerprint density at radius 1 is 0.682 bits per heavy atom. The Morgan fingerprint density at radius 2 is 1.23 bits per heavy atom. The molecule has 1 saturated carbocycles. The van der Waals surface area contributed by atoms with Gasteiger partial charge in [-0.25, -0.2) is 0 Å². The van der Waals surface area contributed by atoms with Crippen LogP contribution in [0.2, 0.25) is 15.1 Å². The summed E-state index contributed by atoms with van der Waals surface area (Å²) < 4.78 is 0. The molecule has 0 aliphatic heterocycles. The number of benzene rings is 5. The zero-order valence-electron chi connectivity index (χ0n) is 23.6. The summed E-state index contributed by atoms with van der Waals surface area (Å²) in [7, 11) is 0. The zero-order chi connectivity index (χ0) is 30.9. The number of hydrogen-bond donors (Lipinski definition) is 1. The number of halogens is 3. The van der Waals surface area contributed by atoms with Crippen molar-refractivity contribution >= 4 is 40.6 Å². The first-order chi connectivity index (χ1) is 21.3. The predicted octanol–water partition coefficient (Wildman–Crippen LogP) is 9.77. The fraction of sp³-hybridized carbons (Fsp3) is 0.158. The number of nitriles is 1. The van der Waals surface area contributed by atoms with E-state index in [1.807, 2.05) is 72.8 Å². The lowest BCUT2D eigenvalue weighted by Gasteiger charge is -2.56. The molecule has 0 amide bonds. The van der Waals surface area contributed by atoms with Gasteiger partial charge in [0, 0.05) is 32.5 Å². The van der Waals surface area contributed by atoms with Crippen molar-refractivity contribution in [2.24, 2.45) is 5.92 Å². The Morgan fingerprint density at radius 3 is 1.80 bits per heavy atom. The average molecular weight is 637 g/mol. The Balaban J connectivity index is 1.74. The van der Waals surface area contributed by atoms with Gasteiger partial charge in [0.15, 0.2) is 5.78 Å². The highest BCUT2D eigenvalue weighted by Gasteiger charge is 2.64. The second kappa shape index (κ2) is 12.2. The minimum Gasteiger partial charge on any atom is -0.384 e. The molecule has 1 N–H and O–H groups in total. The molecule has 1 aliphatic rings. The van der Waals surface area contributed by atoms with Crippen molar-refractivity contribution in [3.8, 4) is 6.07 Å². The molecule has 1 fully saturated rings. The van der Waals surface area contributed by atoms with Crippen LogP contribution in [0.3, 0.4) is 0 Å². The largest absolute Gasteiger partial charge is 0.384 e. The molecule has 0 aromatic heterocycles. The molecular formula is C38H28Cl3NO2. The third-order valence-electron chi connectivity index (χ3n) is 9.01. The summed E-state index contributed by atoms with van der Waals surface area (Å²) in [6.07, 6.45) is 0.0893. The average Bonchev–Trinajstić information content (AvgIpc) is 3.06. The van der Waals surface area contributed by atoms with Crippen molar-refractivity contribution in [3.05, 3.63) is 176 Å². The molecule has 0 spiro atoms. The Bertz CT molecular complexity index is 1820. The van der Waals surface area contributed by atoms with Gasteiger partial charge in [-0.3, -0.25) is 4.79 Å². The maximum Gasteiger partial charge on any atom is 0.169 e. The van der Waals surface area contributed by atoms with E-state index in [9.17, 15) is 15.2 Å². The Hall–Kier alpha value is -3.91. The van der Waals surface area contributed by atoms with Crippen molar-refractivity contribution in [2.45, 2.75) is 29.3 Å². The lowest BCUT2D eigenvalue weighted by atomic mass is 9.46. The number of rotatable bonds is 6. The number of carbonyl (C=O) groups is 1. The molecule has 0 heterocycles. The third-order valence-corrected chi connectivity index (χ3v) is 9.75. The molecule has 0 saturated heterocycles. The van der Waals surface area contributed by atoms with Crippen LogP contribution in [0, 0.1) is 17.2 Å². The van der Waals surface area contributed by atoms with Crippen molar-refractivity contribution < 1.29 is 9.90 Å². The number of hydrogen-bond acceptors (Lipinski definition) is 3. The van der Waals surface area contributed by atoms with Gasteiger partial charge in [0.05, 0.1) is 17.4 Å². The molecule has 6 heteroatoms. The Labute approximate surface area is 272 Å². The van der Waals surface area contributed by atoms with Crippen LogP contribution in [0.15, 0.2) is 133 Å². The summed E-state index contributed by atoms with van der Waals surface area (Å²) in [6, 6.07) is 42.8. The number of aliphatic hydroxyl groups is 1. The smallest absolute Gasteiger partial charge is 0.169 e. The molecule has 0 radical (unpaired) electrons. The monoisotopic (exact) mass is 635 g/mol. The van der Waals surface area contributed by atoms with E-state index in [0.29, 0.717) is 37.3 Å². The summed E-state index contributed by atoms with van der Waals surface area (Å²) in [5.74, 6) is -2.71. The van der Waals surface area contributed by atoms with Crippen LogP contribution >= 0.6 is 34.8 Å². The molecular weight excluding hydrogens is 609 g/mol. The van der Waals surface area contributed by atoms with E-state index in [1.54, 1.807) is 60.7 Å². The van der Waals surface area contributed by atoms with Gasteiger partial charge in [-0.2, -0.15) is 5.26 Å². The van der Waals surface area contributed by atoms with Gasteiger partial charge >= 0.3 is 0 Å². The molecule has 5 atom stereocenters.